The highest BCUT2D eigenvalue weighted by molar-refractivity contribution is 5.75. The molecule has 7 nitrogen and oxygen atoms in total. The number of carboxylic acid groups (broad SMARTS) is 1. The fourth-order valence-electron chi connectivity index (χ4n) is 4.09. The van der Waals surface area contributed by atoms with Gasteiger partial charge in [0.1, 0.15) is 5.75 Å². The molecule has 0 radical (unpaired) electrons. The van der Waals surface area contributed by atoms with Crippen LogP contribution in [0, 0.1) is 17.8 Å². The summed E-state index contributed by atoms with van der Waals surface area (Å²) < 4.78 is 11.3. The average molecular weight is 397 g/mol. The molecule has 2 atom stereocenters. The van der Waals surface area contributed by atoms with Crippen LogP contribution in [0.4, 0.5) is 0 Å². The van der Waals surface area contributed by atoms with Gasteiger partial charge in [0.05, 0.1) is 37.2 Å². The van der Waals surface area contributed by atoms with E-state index in [1.165, 1.54) is 25.7 Å². The summed E-state index contributed by atoms with van der Waals surface area (Å²) in [6, 6.07) is 5.53. The van der Waals surface area contributed by atoms with Gasteiger partial charge in [-0.2, -0.15) is 5.10 Å². The van der Waals surface area contributed by atoms with E-state index in [9.17, 15) is 9.90 Å². The van der Waals surface area contributed by atoms with Crippen molar-refractivity contribution in [2.45, 2.75) is 44.9 Å². The van der Waals surface area contributed by atoms with Gasteiger partial charge in [0.25, 0.3) is 0 Å². The van der Waals surface area contributed by atoms with Crippen LogP contribution in [0.1, 0.15) is 50.6 Å². The van der Waals surface area contributed by atoms with Crippen LogP contribution in [0.5, 0.6) is 11.6 Å². The van der Waals surface area contributed by atoms with Gasteiger partial charge < -0.3 is 14.6 Å². The Morgan fingerprint density at radius 3 is 2.72 bits per heavy atom. The summed E-state index contributed by atoms with van der Waals surface area (Å²) in [5.74, 6) is 1.22. The predicted molar refractivity (Wildman–Crippen MR) is 107 cm³/mol. The lowest BCUT2D eigenvalue weighted by atomic mass is 9.83. The molecule has 29 heavy (non-hydrogen) atoms. The molecule has 7 heteroatoms. The number of hydrogen-bond acceptors (Lipinski definition) is 6. The Hall–Kier alpha value is -2.70. The Kier molecular flexibility index (Phi) is 5.65. The third-order valence-electron chi connectivity index (χ3n) is 6.09. The van der Waals surface area contributed by atoms with Crippen LogP contribution in [-0.4, -0.2) is 40.0 Å². The molecule has 2 heterocycles. The lowest BCUT2D eigenvalue weighted by Crippen LogP contribution is -2.19. The van der Waals surface area contributed by atoms with Crippen LogP contribution in [0.15, 0.2) is 24.4 Å². The normalized spacial score (nSPS) is 26.0. The van der Waals surface area contributed by atoms with Crippen molar-refractivity contribution in [2.75, 3.05) is 13.7 Å². The maximum atomic E-state index is 11.3. The zero-order chi connectivity index (χ0) is 20.4. The van der Waals surface area contributed by atoms with Crippen LogP contribution in [-0.2, 0) is 4.79 Å². The minimum absolute atomic E-state index is 0.110. The molecule has 2 fully saturated rings. The van der Waals surface area contributed by atoms with Crippen LogP contribution in [0.3, 0.4) is 0 Å². The zero-order valence-corrected chi connectivity index (χ0v) is 16.9. The largest absolute Gasteiger partial charge is 0.495 e. The number of pyridine rings is 1. The smallest absolute Gasteiger partial charge is 0.307 e. The quantitative estimate of drug-likeness (QED) is 0.756. The highest BCUT2D eigenvalue weighted by atomic mass is 16.5. The number of carboxylic acids is 1. The molecule has 4 rings (SSSR count). The third-order valence-corrected chi connectivity index (χ3v) is 6.09. The summed E-state index contributed by atoms with van der Waals surface area (Å²) in [6.07, 6.45) is 7.15. The number of aromatic nitrogens is 3. The second-order valence-electron chi connectivity index (χ2n) is 8.29. The fraction of sp³-hybridized carbons (Fsp3) is 0.545. The van der Waals surface area contributed by atoms with E-state index in [-0.39, 0.29) is 11.8 Å². The van der Waals surface area contributed by atoms with E-state index >= 15 is 0 Å². The third kappa shape index (κ3) is 4.49. The maximum absolute atomic E-state index is 11.3. The summed E-state index contributed by atoms with van der Waals surface area (Å²) in [5.41, 5.74) is 2.19. The Morgan fingerprint density at radius 1 is 1.24 bits per heavy atom. The van der Waals surface area contributed by atoms with Gasteiger partial charge in [-0.1, -0.05) is 19.8 Å². The van der Waals surface area contributed by atoms with Gasteiger partial charge in [-0.15, -0.1) is 5.10 Å². The molecule has 2 aromatic heterocycles. The molecule has 154 valence electrons. The standard InChI is InChI=1S/C22H27N3O4/c1-13-3-5-14(6-4-13)12-29-20-9-15(11-23-25-20)18-7-8-19(28-2)21(24-18)16-10-17(16)22(26)27/h7-9,11,13-14,16-17H,3-6,10,12H2,1-2H3,(H,26,27)/t13?,14?,16-,17-/m0/s1. The number of rotatable bonds is 7. The summed E-state index contributed by atoms with van der Waals surface area (Å²) in [5, 5.41) is 17.4. The Balaban J connectivity index is 1.48. The summed E-state index contributed by atoms with van der Waals surface area (Å²) >= 11 is 0. The Morgan fingerprint density at radius 2 is 2.03 bits per heavy atom. The molecule has 0 spiro atoms. The minimum atomic E-state index is -0.789. The molecule has 0 bridgehead atoms. The molecule has 2 aliphatic rings. The second-order valence-corrected chi connectivity index (χ2v) is 8.29. The number of aliphatic carboxylic acids is 1. The van der Waals surface area contributed by atoms with Crippen LogP contribution in [0.25, 0.3) is 11.3 Å². The summed E-state index contributed by atoms with van der Waals surface area (Å²) in [7, 11) is 1.57. The fourth-order valence-corrected chi connectivity index (χ4v) is 4.09. The van der Waals surface area contributed by atoms with E-state index in [0.29, 0.717) is 42.0 Å². The molecule has 1 N–H and O–H groups in total. The molecule has 2 aromatic rings. The van der Waals surface area contributed by atoms with E-state index in [2.05, 4.69) is 17.1 Å². The van der Waals surface area contributed by atoms with Crippen LogP contribution in [0.2, 0.25) is 0 Å². The van der Waals surface area contributed by atoms with Crippen molar-refractivity contribution in [3.8, 4) is 22.9 Å². The monoisotopic (exact) mass is 397 g/mol. The lowest BCUT2D eigenvalue weighted by Gasteiger charge is -2.25. The van der Waals surface area contributed by atoms with Crippen molar-refractivity contribution < 1.29 is 19.4 Å². The van der Waals surface area contributed by atoms with E-state index in [0.717, 1.165) is 11.5 Å². The first-order chi connectivity index (χ1) is 14.0. The minimum Gasteiger partial charge on any atom is -0.495 e. The number of hydrogen-bond donors (Lipinski definition) is 1. The molecule has 0 aliphatic heterocycles. The first-order valence-corrected chi connectivity index (χ1v) is 10.3. The van der Waals surface area contributed by atoms with Gasteiger partial charge in [-0.05, 0) is 43.2 Å². The van der Waals surface area contributed by atoms with Crippen LogP contribution < -0.4 is 9.47 Å². The van der Waals surface area contributed by atoms with Gasteiger partial charge in [0, 0.05) is 17.5 Å². The number of ether oxygens (including phenoxy) is 2. The van der Waals surface area contributed by atoms with Gasteiger partial charge >= 0.3 is 5.97 Å². The van der Waals surface area contributed by atoms with Crippen molar-refractivity contribution in [2.24, 2.45) is 17.8 Å². The SMILES string of the molecule is COc1ccc(-c2cnnc(OCC3CCC(C)CC3)c2)nc1[C@H]1C[C@@H]1C(=O)O. The van der Waals surface area contributed by atoms with E-state index in [4.69, 9.17) is 14.5 Å². The van der Waals surface area contributed by atoms with Crippen molar-refractivity contribution in [1.82, 2.24) is 15.2 Å². The molecule has 0 amide bonds. The van der Waals surface area contributed by atoms with E-state index in [1.807, 2.05) is 18.2 Å². The van der Waals surface area contributed by atoms with Crippen molar-refractivity contribution in [1.29, 1.82) is 0 Å². The van der Waals surface area contributed by atoms with Crippen molar-refractivity contribution >= 4 is 5.97 Å². The molecule has 2 aliphatic carbocycles. The molecular weight excluding hydrogens is 370 g/mol. The van der Waals surface area contributed by atoms with Crippen molar-refractivity contribution in [3.63, 3.8) is 0 Å². The van der Waals surface area contributed by atoms with E-state index < -0.39 is 5.97 Å². The van der Waals surface area contributed by atoms with Gasteiger partial charge in [-0.25, -0.2) is 4.98 Å². The van der Waals surface area contributed by atoms with Crippen molar-refractivity contribution in [3.05, 3.63) is 30.1 Å². The summed E-state index contributed by atoms with van der Waals surface area (Å²) in [4.78, 5) is 16.0. The Labute approximate surface area is 170 Å². The highest BCUT2D eigenvalue weighted by Crippen LogP contribution is 2.50. The van der Waals surface area contributed by atoms with Crippen LogP contribution >= 0.6 is 0 Å². The molecule has 0 saturated heterocycles. The predicted octanol–water partition coefficient (Wildman–Crippen LogP) is 3.94. The Bertz CT molecular complexity index is 880. The topological polar surface area (TPSA) is 94.4 Å². The second kappa shape index (κ2) is 8.35. The molecule has 2 saturated carbocycles. The van der Waals surface area contributed by atoms with Gasteiger partial charge in [-0.3, -0.25) is 4.79 Å². The molecule has 0 aromatic carbocycles. The van der Waals surface area contributed by atoms with Gasteiger partial charge in [0.15, 0.2) is 0 Å². The van der Waals surface area contributed by atoms with E-state index in [1.54, 1.807) is 13.3 Å². The lowest BCUT2D eigenvalue weighted by molar-refractivity contribution is -0.138. The number of methoxy groups -OCH3 is 1. The molecular formula is C22H27N3O4. The number of nitrogens with zero attached hydrogens (tertiary/aromatic N) is 3. The molecule has 0 unspecified atom stereocenters. The first kappa shape index (κ1) is 19.6. The zero-order valence-electron chi connectivity index (χ0n) is 16.9. The summed E-state index contributed by atoms with van der Waals surface area (Å²) in [6.45, 7) is 2.97. The average Bonchev–Trinajstić information content (AvgIpc) is 3.54. The number of carbonyl (C=O) groups is 1. The van der Waals surface area contributed by atoms with Gasteiger partial charge in [0.2, 0.25) is 5.88 Å². The highest BCUT2D eigenvalue weighted by Gasteiger charge is 2.46. The first-order valence-electron chi connectivity index (χ1n) is 10.3. The maximum Gasteiger partial charge on any atom is 0.307 e.